The molecule has 0 aliphatic carbocycles. The standard InChI is InChI=1S/C22H22N2OS2/c1-2-14-26-19-12-7-6-11-18(19)24-21(25)16-23-22(20-13-8-15-27-20)17-9-4-3-5-10-17/h2-13,15,22-23H,1,14,16H2,(H,24,25)/p+1/t22-/m1/s1. The number of quaternary nitrogens is 1. The van der Waals surface area contributed by atoms with Crippen molar-refractivity contribution in [3.05, 3.63) is 95.2 Å². The highest BCUT2D eigenvalue weighted by molar-refractivity contribution is 7.99. The second-order valence-corrected chi connectivity index (χ2v) is 8.03. The molecule has 0 fully saturated rings. The summed E-state index contributed by atoms with van der Waals surface area (Å²) in [5, 5.41) is 7.22. The Morgan fingerprint density at radius 3 is 2.63 bits per heavy atom. The first kappa shape index (κ1) is 19.4. The number of benzene rings is 2. The minimum absolute atomic E-state index is 0.000796. The second kappa shape index (κ2) is 10.1. The number of carbonyl (C=O) groups is 1. The van der Waals surface area contributed by atoms with Gasteiger partial charge in [-0.3, -0.25) is 4.79 Å². The molecule has 0 unspecified atom stereocenters. The zero-order chi connectivity index (χ0) is 18.9. The van der Waals surface area contributed by atoms with Crippen LogP contribution in [0.4, 0.5) is 5.69 Å². The van der Waals surface area contributed by atoms with Gasteiger partial charge in [0, 0.05) is 16.2 Å². The number of thiophene rings is 1. The zero-order valence-electron chi connectivity index (χ0n) is 15.0. The van der Waals surface area contributed by atoms with Gasteiger partial charge in [-0.2, -0.15) is 0 Å². The quantitative estimate of drug-likeness (QED) is 0.419. The van der Waals surface area contributed by atoms with Crippen LogP contribution < -0.4 is 10.6 Å². The molecule has 0 radical (unpaired) electrons. The van der Waals surface area contributed by atoms with E-state index in [1.165, 1.54) is 10.4 Å². The fraction of sp³-hybridized carbons (Fsp3) is 0.136. The van der Waals surface area contributed by atoms with Crippen molar-refractivity contribution >= 4 is 34.7 Å². The van der Waals surface area contributed by atoms with Crippen molar-refractivity contribution in [3.63, 3.8) is 0 Å². The predicted molar refractivity (Wildman–Crippen MR) is 115 cm³/mol. The van der Waals surface area contributed by atoms with Gasteiger partial charge in [-0.05, 0) is 23.6 Å². The van der Waals surface area contributed by atoms with Gasteiger partial charge in [0.05, 0.1) is 10.6 Å². The van der Waals surface area contributed by atoms with E-state index in [1.807, 2.05) is 48.5 Å². The van der Waals surface area contributed by atoms with Crippen molar-refractivity contribution in [2.24, 2.45) is 0 Å². The lowest BCUT2D eigenvalue weighted by Crippen LogP contribution is -2.87. The van der Waals surface area contributed by atoms with Gasteiger partial charge in [0.15, 0.2) is 6.54 Å². The molecule has 0 saturated heterocycles. The topological polar surface area (TPSA) is 45.7 Å². The fourth-order valence-electron chi connectivity index (χ4n) is 2.82. The molecule has 0 spiro atoms. The Balaban J connectivity index is 1.66. The van der Waals surface area contributed by atoms with Crippen molar-refractivity contribution in [2.45, 2.75) is 10.9 Å². The van der Waals surface area contributed by atoms with Crippen LogP contribution in [0.3, 0.4) is 0 Å². The minimum atomic E-state index is -0.000796. The Hall–Kier alpha value is -2.34. The lowest BCUT2D eigenvalue weighted by molar-refractivity contribution is -0.675. The Morgan fingerprint density at radius 1 is 1.11 bits per heavy atom. The first-order valence-electron chi connectivity index (χ1n) is 8.82. The number of hydrogen-bond donors (Lipinski definition) is 2. The summed E-state index contributed by atoms with van der Waals surface area (Å²) in [6.45, 7) is 4.12. The van der Waals surface area contributed by atoms with E-state index in [0.29, 0.717) is 6.54 Å². The number of thioether (sulfide) groups is 1. The summed E-state index contributed by atoms with van der Waals surface area (Å²) in [6.07, 6.45) is 1.86. The first-order valence-corrected chi connectivity index (χ1v) is 10.7. The molecule has 3 rings (SSSR count). The van der Waals surface area contributed by atoms with Gasteiger partial charge in [0.1, 0.15) is 6.04 Å². The summed E-state index contributed by atoms with van der Waals surface area (Å²) >= 11 is 3.38. The molecule has 1 aromatic heterocycles. The van der Waals surface area contributed by atoms with Crippen molar-refractivity contribution in [1.82, 2.24) is 0 Å². The lowest BCUT2D eigenvalue weighted by Gasteiger charge is -2.15. The molecular formula is C22H23N2OS2+. The summed E-state index contributed by atoms with van der Waals surface area (Å²) in [5.74, 6) is 0.812. The highest BCUT2D eigenvalue weighted by Gasteiger charge is 2.20. The zero-order valence-corrected chi connectivity index (χ0v) is 16.6. The van der Waals surface area contributed by atoms with Crippen LogP contribution in [0, 0.1) is 0 Å². The number of carbonyl (C=O) groups excluding carboxylic acids is 1. The van der Waals surface area contributed by atoms with Crippen LogP contribution in [0.2, 0.25) is 0 Å². The maximum atomic E-state index is 12.6. The second-order valence-electron chi connectivity index (χ2n) is 5.99. The number of nitrogens with one attached hydrogen (secondary N) is 1. The Labute approximate surface area is 168 Å². The first-order chi connectivity index (χ1) is 13.3. The van der Waals surface area contributed by atoms with E-state index in [2.05, 4.69) is 46.9 Å². The Morgan fingerprint density at radius 2 is 1.89 bits per heavy atom. The SMILES string of the molecule is C=CCSc1ccccc1NC(=O)C[NH2+][C@H](c1ccccc1)c1cccs1. The van der Waals surface area contributed by atoms with Crippen LogP contribution in [-0.2, 0) is 4.79 Å². The van der Waals surface area contributed by atoms with Gasteiger partial charge in [-0.15, -0.1) is 29.7 Å². The third-order valence-corrected chi connectivity index (χ3v) is 6.09. The van der Waals surface area contributed by atoms with Crippen molar-refractivity contribution in [2.75, 3.05) is 17.6 Å². The number of nitrogens with two attached hydrogens (primary N) is 1. The highest BCUT2D eigenvalue weighted by Crippen LogP contribution is 2.27. The normalized spacial score (nSPS) is 11.7. The molecule has 27 heavy (non-hydrogen) atoms. The number of anilines is 1. The highest BCUT2D eigenvalue weighted by atomic mass is 32.2. The summed E-state index contributed by atoms with van der Waals surface area (Å²) in [5.41, 5.74) is 2.06. The van der Waals surface area contributed by atoms with Crippen LogP contribution in [0.5, 0.6) is 0 Å². The van der Waals surface area contributed by atoms with Crippen LogP contribution >= 0.6 is 23.1 Å². The van der Waals surface area contributed by atoms with Crippen molar-refractivity contribution in [3.8, 4) is 0 Å². The van der Waals surface area contributed by atoms with Crippen molar-refractivity contribution in [1.29, 1.82) is 0 Å². The van der Waals surface area contributed by atoms with Gasteiger partial charge in [0.25, 0.3) is 5.91 Å². The summed E-state index contributed by atoms with van der Waals surface area (Å²) in [6, 6.07) is 22.5. The van der Waals surface area contributed by atoms with E-state index in [1.54, 1.807) is 23.1 Å². The molecule has 3 nitrogen and oxygen atoms in total. The van der Waals surface area contributed by atoms with Gasteiger partial charge in [0.2, 0.25) is 0 Å². The molecule has 2 aromatic carbocycles. The molecule has 0 aliphatic heterocycles. The van der Waals surface area contributed by atoms with E-state index in [9.17, 15) is 4.79 Å². The monoisotopic (exact) mass is 395 g/mol. The molecule has 3 aromatic rings. The molecule has 1 atom stereocenters. The van der Waals surface area contributed by atoms with Crippen LogP contribution in [0.1, 0.15) is 16.5 Å². The maximum absolute atomic E-state index is 12.6. The fourth-order valence-corrected chi connectivity index (χ4v) is 4.41. The minimum Gasteiger partial charge on any atom is -0.328 e. The Bertz CT molecular complexity index is 863. The van der Waals surface area contributed by atoms with E-state index < -0.39 is 0 Å². The molecule has 138 valence electrons. The van der Waals surface area contributed by atoms with E-state index >= 15 is 0 Å². The van der Waals surface area contributed by atoms with Crippen LogP contribution in [0.25, 0.3) is 0 Å². The lowest BCUT2D eigenvalue weighted by atomic mass is 10.1. The number of rotatable bonds is 9. The average molecular weight is 396 g/mol. The van der Waals surface area contributed by atoms with Gasteiger partial charge in [-0.25, -0.2) is 0 Å². The largest absolute Gasteiger partial charge is 0.328 e. The van der Waals surface area contributed by atoms with Gasteiger partial charge >= 0.3 is 0 Å². The molecule has 1 heterocycles. The third kappa shape index (κ3) is 5.57. The molecule has 0 aliphatic rings. The van der Waals surface area contributed by atoms with E-state index in [0.717, 1.165) is 16.3 Å². The van der Waals surface area contributed by atoms with Crippen LogP contribution in [-0.4, -0.2) is 18.2 Å². The van der Waals surface area contributed by atoms with E-state index in [4.69, 9.17) is 0 Å². The summed E-state index contributed by atoms with van der Waals surface area (Å²) in [7, 11) is 0. The summed E-state index contributed by atoms with van der Waals surface area (Å²) < 4.78 is 0. The number of amides is 1. The third-order valence-electron chi connectivity index (χ3n) is 4.07. The van der Waals surface area contributed by atoms with Gasteiger partial charge in [-0.1, -0.05) is 54.6 Å². The molecule has 5 heteroatoms. The van der Waals surface area contributed by atoms with Crippen LogP contribution in [0.15, 0.2) is 89.7 Å². The smallest absolute Gasteiger partial charge is 0.279 e. The predicted octanol–water partition coefficient (Wildman–Crippen LogP) is 4.32. The number of para-hydroxylation sites is 1. The maximum Gasteiger partial charge on any atom is 0.279 e. The summed E-state index contributed by atoms with van der Waals surface area (Å²) in [4.78, 5) is 14.9. The molecule has 0 saturated carbocycles. The Kier molecular flexibility index (Phi) is 7.27. The molecular weight excluding hydrogens is 372 g/mol. The molecule has 1 amide bonds. The van der Waals surface area contributed by atoms with Crippen molar-refractivity contribution < 1.29 is 10.1 Å². The number of hydrogen-bond acceptors (Lipinski definition) is 3. The van der Waals surface area contributed by atoms with E-state index in [-0.39, 0.29) is 11.9 Å². The van der Waals surface area contributed by atoms with Gasteiger partial charge < -0.3 is 10.6 Å². The molecule has 3 N–H and O–H groups in total. The average Bonchev–Trinajstić information content (AvgIpc) is 3.23. The molecule has 0 bridgehead atoms.